The van der Waals surface area contributed by atoms with E-state index in [2.05, 4.69) is 20.3 Å². The maximum absolute atomic E-state index is 13.2. The molecule has 7 nitrogen and oxygen atoms in total. The molecule has 3 aromatic heterocycles. The second-order valence-electron chi connectivity index (χ2n) is 7.85. The van der Waals surface area contributed by atoms with Crippen molar-refractivity contribution in [2.24, 2.45) is 5.92 Å². The Bertz CT molecular complexity index is 1190. The molecule has 0 bridgehead atoms. The molecule has 0 aliphatic carbocycles. The number of thiazole rings is 1. The Balaban J connectivity index is 1.65. The zero-order valence-corrected chi connectivity index (χ0v) is 19.3. The summed E-state index contributed by atoms with van der Waals surface area (Å²) in [7, 11) is 0. The van der Waals surface area contributed by atoms with Gasteiger partial charge in [-0.1, -0.05) is 42.9 Å². The number of amides is 2. The van der Waals surface area contributed by atoms with E-state index in [-0.39, 0.29) is 17.7 Å². The van der Waals surface area contributed by atoms with Crippen LogP contribution in [0, 0.1) is 19.8 Å². The molecule has 0 aromatic carbocycles. The number of nitrogens with zero attached hydrogens (tertiary/aromatic N) is 4. The van der Waals surface area contributed by atoms with Gasteiger partial charge in [0.05, 0.1) is 16.4 Å². The Morgan fingerprint density at radius 2 is 2.00 bits per heavy atom. The summed E-state index contributed by atoms with van der Waals surface area (Å²) in [6, 6.07) is 3.85. The minimum atomic E-state index is -0.182. The number of aromatic nitrogens is 3. The van der Waals surface area contributed by atoms with Crippen LogP contribution in [0.4, 0.5) is 10.9 Å². The first-order chi connectivity index (χ1) is 14.7. The molecule has 1 aliphatic heterocycles. The number of hydrogen-bond donors (Lipinski definition) is 1. The second-order valence-corrected chi connectivity index (χ2v) is 9.25. The molecule has 9 heteroatoms. The van der Waals surface area contributed by atoms with Crippen LogP contribution in [0.5, 0.6) is 0 Å². The summed E-state index contributed by atoms with van der Waals surface area (Å²) in [4.78, 5) is 40.7. The highest BCUT2D eigenvalue weighted by Crippen LogP contribution is 2.34. The van der Waals surface area contributed by atoms with Gasteiger partial charge in [0.25, 0.3) is 5.91 Å². The van der Waals surface area contributed by atoms with Crippen LogP contribution in [0.15, 0.2) is 24.5 Å². The molecular weight excluding hydrogens is 434 g/mol. The summed E-state index contributed by atoms with van der Waals surface area (Å²) in [6.45, 7) is 8.03. The van der Waals surface area contributed by atoms with E-state index in [0.29, 0.717) is 39.5 Å². The molecule has 0 radical (unpaired) electrons. The van der Waals surface area contributed by atoms with Crippen molar-refractivity contribution in [1.29, 1.82) is 0 Å². The molecule has 2 amide bonds. The fourth-order valence-corrected chi connectivity index (χ4v) is 4.56. The van der Waals surface area contributed by atoms with Crippen LogP contribution in [-0.2, 0) is 11.2 Å². The largest absolute Gasteiger partial charge is 0.302 e. The molecule has 160 valence electrons. The fourth-order valence-electron chi connectivity index (χ4n) is 3.41. The first-order valence-corrected chi connectivity index (χ1v) is 11.2. The van der Waals surface area contributed by atoms with Crippen LogP contribution in [0.1, 0.15) is 40.3 Å². The van der Waals surface area contributed by atoms with E-state index in [0.717, 1.165) is 22.4 Å². The van der Waals surface area contributed by atoms with Gasteiger partial charge in [-0.2, -0.15) is 0 Å². The normalized spacial score (nSPS) is 13.5. The molecule has 1 N–H and O–H groups in total. The van der Waals surface area contributed by atoms with Crippen molar-refractivity contribution in [2.45, 2.75) is 34.1 Å². The number of fused-ring (bicyclic) bond motifs is 1. The van der Waals surface area contributed by atoms with Gasteiger partial charge >= 0.3 is 0 Å². The third-order valence-electron chi connectivity index (χ3n) is 5.05. The zero-order chi connectivity index (χ0) is 22.3. The van der Waals surface area contributed by atoms with Gasteiger partial charge in [-0.3, -0.25) is 19.5 Å². The molecular formula is C22H22ClN5O2S. The number of nitrogens with one attached hydrogen (secondary N) is 1. The Morgan fingerprint density at radius 1 is 1.23 bits per heavy atom. The lowest BCUT2D eigenvalue weighted by Gasteiger charge is -2.25. The van der Waals surface area contributed by atoms with Crippen molar-refractivity contribution in [3.05, 3.63) is 51.2 Å². The highest BCUT2D eigenvalue weighted by molar-refractivity contribution is 7.18. The lowest BCUT2D eigenvalue weighted by Crippen LogP contribution is -2.37. The quantitative estimate of drug-likeness (QED) is 0.617. The Kier molecular flexibility index (Phi) is 5.77. The van der Waals surface area contributed by atoms with Gasteiger partial charge in [-0.25, -0.2) is 9.97 Å². The lowest BCUT2D eigenvalue weighted by molar-refractivity contribution is -0.118. The maximum Gasteiger partial charge on any atom is 0.271 e. The summed E-state index contributed by atoms with van der Waals surface area (Å²) in [6.07, 6.45) is 3.93. The van der Waals surface area contributed by atoms with E-state index in [4.69, 9.17) is 11.6 Å². The monoisotopic (exact) mass is 455 g/mol. The highest BCUT2D eigenvalue weighted by atomic mass is 35.5. The molecule has 1 aliphatic rings. The SMILES string of the molecule is Cc1cnc(-c2cc(N3CCc4nc(NC(=O)C(C)C)sc4C3=O)ncc2Cl)c(C)c1. The molecule has 0 fully saturated rings. The van der Waals surface area contributed by atoms with Crippen LogP contribution >= 0.6 is 22.9 Å². The molecule has 0 saturated heterocycles. The van der Waals surface area contributed by atoms with Crippen molar-refractivity contribution in [2.75, 3.05) is 16.8 Å². The molecule has 0 saturated carbocycles. The number of carbonyl (C=O) groups is 2. The van der Waals surface area contributed by atoms with Crippen molar-refractivity contribution in [3.63, 3.8) is 0 Å². The van der Waals surface area contributed by atoms with Crippen LogP contribution in [0.25, 0.3) is 11.3 Å². The number of hydrogen-bond acceptors (Lipinski definition) is 6. The number of anilines is 2. The molecule has 3 aromatic rings. The Hall–Kier alpha value is -2.84. The number of halogens is 1. The van der Waals surface area contributed by atoms with Crippen molar-refractivity contribution < 1.29 is 9.59 Å². The summed E-state index contributed by atoms with van der Waals surface area (Å²) >= 11 is 7.62. The van der Waals surface area contributed by atoms with E-state index in [1.165, 1.54) is 11.3 Å². The number of carbonyl (C=O) groups excluding carboxylic acids is 2. The van der Waals surface area contributed by atoms with Gasteiger partial charge in [-0.05, 0) is 31.0 Å². The van der Waals surface area contributed by atoms with Gasteiger partial charge in [-0.15, -0.1) is 0 Å². The van der Waals surface area contributed by atoms with Gasteiger partial charge in [0.1, 0.15) is 10.7 Å². The molecule has 0 unspecified atom stereocenters. The van der Waals surface area contributed by atoms with Crippen LogP contribution < -0.4 is 10.2 Å². The van der Waals surface area contributed by atoms with Gasteiger partial charge in [0.15, 0.2) is 5.13 Å². The minimum Gasteiger partial charge on any atom is -0.302 e. The van der Waals surface area contributed by atoms with Gasteiger partial charge in [0.2, 0.25) is 5.91 Å². The van der Waals surface area contributed by atoms with E-state index in [1.807, 2.05) is 33.8 Å². The molecule has 4 rings (SSSR count). The molecule has 4 heterocycles. The van der Waals surface area contributed by atoms with E-state index in [9.17, 15) is 9.59 Å². The van der Waals surface area contributed by atoms with Crippen molar-refractivity contribution in [3.8, 4) is 11.3 Å². The van der Waals surface area contributed by atoms with E-state index >= 15 is 0 Å². The Morgan fingerprint density at radius 3 is 2.71 bits per heavy atom. The maximum atomic E-state index is 13.2. The molecule has 31 heavy (non-hydrogen) atoms. The van der Waals surface area contributed by atoms with Crippen molar-refractivity contribution >= 4 is 45.7 Å². The molecule has 0 atom stereocenters. The lowest BCUT2D eigenvalue weighted by atomic mass is 10.1. The van der Waals surface area contributed by atoms with Crippen LogP contribution in [-0.4, -0.2) is 33.3 Å². The predicted octanol–water partition coefficient (Wildman–Crippen LogP) is 4.67. The molecule has 0 spiro atoms. The fraction of sp³-hybridized carbons (Fsp3) is 0.318. The van der Waals surface area contributed by atoms with Crippen molar-refractivity contribution in [1.82, 2.24) is 15.0 Å². The average Bonchev–Trinajstić information content (AvgIpc) is 3.13. The third-order valence-corrected chi connectivity index (χ3v) is 6.35. The smallest absolute Gasteiger partial charge is 0.271 e. The van der Waals surface area contributed by atoms with Gasteiger partial charge in [0, 0.05) is 36.8 Å². The average molecular weight is 456 g/mol. The number of rotatable bonds is 4. The minimum absolute atomic E-state index is 0.125. The predicted molar refractivity (Wildman–Crippen MR) is 123 cm³/mol. The standard InChI is InChI=1S/C22H22ClN5O2S/c1-11(2)20(29)27-22-26-16-5-6-28(21(30)19(16)31-22)17-8-14(15(23)10-24-17)18-13(4)7-12(3)9-25-18/h7-11H,5-6H2,1-4H3,(H,26,27,29). The third kappa shape index (κ3) is 4.18. The van der Waals surface area contributed by atoms with Gasteiger partial charge < -0.3 is 5.32 Å². The van der Waals surface area contributed by atoms with E-state index in [1.54, 1.807) is 23.4 Å². The number of aryl methyl sites for hydroxylation is 2. The topological polar surface area (TPSA) is 88.1 Å². The summed E-state index contributed by atoms with van der Waals surface area (Å²) in [5.74, 6) is 0.0418. The first-order valence-electron chi connectivity index (χ1n) is 9.96. The Labute approximate surface area is 189 Å². The van der Waals surface area contributed by atoms with Crippen LogP contribution in [0.3, 0.4) is 0 Å². The zero-order valence-electron chi connectivity index (χ0n) is 17.7. The number of pyridine rings is 2. The first kappa shape index (κ1) is 21.4. The summed E-state index contributed by atoms with van der Waals surface area (Å²) in [5, 5.41) is 3.70. The second kappa shape index (κ2) is 8.36. The van der Waals surface area contributed by atoms with Crippen LogP contribution in [0.2, 0.25) is 5.02 Å². The van der Waals surface area contributed by atoms with E-state index < -0.39 is 0 Å². The summed E-state index contributed by atoms with van der Waals surface area (Å²) in [5.41, 5.74) is 4.27. The summed E-state index contributed by atoms with van der Waals surface area (Å²) < 4.78 is 0. The highest BCUT2D eigenvalue weighted by Gasteiger charge is 2.31.